The minimum absolute atomic E-state index is 0.378. The van der Waals surface area contributed by atoms with E-state index >= 15 is 0 Å². The smallest absolute Gasteiger partial charge is 0.328 e. The molecular weight excluding hydrogens is 212 g/mol. The summed E-state index contributed by atoms with van der Waals surface area (Å²) < 4.78 is 4.44. The zero-order valence-corrected chi connectivity index (χ0v) is 9.57. The van der Waals surface area contributed by atoms with E-state index < -0.39 is 29.9 Å². The summed E-state index contributed by atoms with van der Waals surface area (Å²) >= 11 is 0. The Balaban J connectivity index is 4.31. The van der Waals surface area contributed by atoms with Crippen molar-refractivity contribution in [2.75, 3.05) is 7.11 Å². The van der Waals surface area contributed by atoms with Gasteiger partial charge in [0.15, 0.2) is 0 Å². The molecule has 2 radical (unpaired) electrons. The molecule has 0 aromatic carbocycles. The molecule has 2 unspecified atom stereocenters. The van der Waals surface area contributed by atoms with Crippen molar-refractivity contribution in [1.82, 2.24) is 10.6 Å². The molecule has 2 amide bonds. The minimum Gasteiger partial charge on any atom is -0.467 e. The van der Waals surface area contributed by atoms with Crippen LogP contribution in [0.4, 0.5) is 0 Å². The predicted molar refractivity (Wildman–Crippen MR) is 56.1 cm³/mol. The molecule has 0 spiro atoms. The molecule has 0 aliphatic rings. The molecule has 0 aromatic rings. The third kappa shape index (κ3) is 4.77. The highest BCUT2D eigenvalue weighted by Gasteiger charge is 2.22. The van der Waals surface area contributed by atoms with Gasteiger partial charge in [0.2, 0.25) is 11.8 Å². The topological polar surface area (TPSA) is 84.5 Å². The average Bonchev–Trinajstić information content (AvgIpc) is 2.23. The van der Waals surface area contributed by atoms with E-state index in [2.05, 4.69) is 15.4 Å². The van der Waals surface area contributed by atoms with Crippen LogP contribution in [-0.2, 0) is 19.1 Å². The number of methoxy groups -OCH3 is 1. The van der Waals surface area contributed by atoms with Crippen LogP contribution in [0.3, 0.4) is 0 Å². The van der Waals surface area contributed by atoms with Crippen LogP contribution in [0.15, 0.2) is 0 Å². The van der Waals surface area contributed by atoms with E-state index in [9.17, 15) is 14.4 Å². The first-order chi connectivity index (χ1) is 7.42. The molecule has 16 heavy (non-hydrogen) atoms. The molecule has 0 aromatic heterocycles. The van der Waals surface area contributed by atoms with Crippen LogP contribution in [0.25, 0.3) is 0 Å². The third-order valence-electron chi connectivity index (χ3n) is 1.95. The summed E-state index contributed by atoms with van der Waals surface area (Å²) in [6.07, 6.45) is 0.378. The fraction of sp³-hybridized carbons (Fsp3) is 0.600. The maximum atomic E-state index is 11.6. The van der Waals surface area contributed by atoms with Crippen molar-refractivity contribution in [1.29, 1.82) is 0 Å². The largest absolute Gasteiger partial charge is 0.467 e. The zero-order chi connectivity index (χ0) is 12.7. The number of hydrogen-bond donors (Lipinski definition) is 2. The second-order valence-corrected chi connectivity index (χ2v) is 3.22. The second kappa shape index (κ2) is 6.81. The number of ether oxygens (including phenoxy) is 1. The van der Waals surface area contributed by atoms with Crippen molar-refractivity contribution in [3.05, 3.63) is 6.92 Å². The van der Waals surface area contributed by atoms with Crippen LogP contribution in [0.1, 0.15) is 20.3 Å². The number of nitrogens with one attached hydrogen (secondary N) is 2. The number of carbonyl (C=O) groups is 3. The maximum absolute atomic E-state index is 11.6. The van der Waals surface area contributed by atoms with Gasteiger partial charge in [0.05, 0.1) is 14.0 Å². The minimum atomic E-state index is -0.785. The molecule has 0 rings (SSSR count). The molecule has 0 saturated carbocycles. The first-order valence-corrected chi connectivity index (χ1v) is 4.86. The van der Waals surface area contributed by atoms with E-state index in [1.165, 1.54) is 14.0 Å². The highest BCUT2D eigenvalue weighted by atomic mass is 16.5. The van der Waals surface area contributed by atoms with E-state index in [-0.39, 0.29) is 0 Å². The Morgan fingerprint density at radius 2 is 1.88 bits per heavy atom. The summed E-state index contributed by atoms with van der Waals surface area (Å²) in [6.45, 7) is 8.10. The van der Waals surface area contributed by atoms with Gasteiger partial charge in [-0.05, 0) is 13.3 Å². The number of carbonyl (C=O) groups excluding carboxylic acids is 3. The lowest BCUT2D eigenvalue weighted by Gasteiger charge is -2.18. The van der Waals surface area contributed by atoms with Gasteiger partial charge in [-0.3, -0.25) is 9.59 Å². The maximum Gasteiger partial charge on any atom is 0.328 e. The van der Waals surface area contributed by atoms with Gasteiger partial charge in [-0.1, -0.05) is 6.92 Å². The lowest BCUT2D eigenvalue weighted by Crippen LogP contribution is -2.50. The summed E-state index contributed by atoms with van der Waals surface area (Å²) in [5.41, 5.74) is 0. The van der Waals surface area contributed by atoms with E-state index in [4.69, 9.17) is 6.92 Å². The Kier molecular flexibility index (Phi) is 6.14. The van der Waals surface area contributed by atoms with Crippen LogP contribution < -0.4 is 10.6 Å². The van der Waals surface area contributed by atoms with Crippen LogP contribution in [0, 0.1) is 6.92 Å². The molecule has 0 aliphatic heterocycles. The van der Waals surface area contributed by atoms with E-state index in [0.29, 0.717) is 6.42 Å². The molecule has 2 N–H and O–H groups in total. The Bertz CT molecular complexity index is 278. The van der Waals surface area contributed by atoms with Gasteiger partial charge < -0.3 is 15.4 Å². The summed E-state index contributed by atoms with van der Waals surface area (Å²) in [4.78, 5) is 33.2. The molecule has 0 fully saturated rings. The standard InChI is InChI=1S/C10H16N2O4/c1-5-8(12-7(3)13)9(14)11-6(2)10(15)16-4/h3,6,8H,5H2,1-2,4H3,(H,11,14)(H,12,13). The van der Waals surface area contributed by atoms with E-state index in [0.717, 1.165) is 0 Å². The lowest BCUT2D eigenvalue weighted by molar-refractivity contribution is -0.144. The molecule has 2 atom stereocenters. The molecule has 90 valence electrons. The fourth-order valence-corrected chi connectivity index (χ4v) is 1.07. The Hall–Kier alpha value is -1.59. The molecule has 0 bridgehead atoms. The van der Waals surface area contributed by atoms with Crippen molar-refractivity contribution >= 4 is 17.8 Å². The first-order valence-electron chi connectivity index (χ1n) is 4.86. The molecule has 0 heterocycles. The van der Waals surface area contributed by atoms with Crippen molar-refractivity contribution in [3.63, 3.8) is 0 Å². The second-order valence-electron chi connectivity index (χ2n) is 3.22. The Morgan fingerprint density at radius 3 is 2.25 bits per heavy atom. The van der Waals surface area contributed by atoms with Gasteiger partial charge >= 0.3 is 5.97 Å². The summed E-state index contributed by atoms with van der Waals surface area (Å²) in [5.74, 6) is -1.81. The number of esters is 1. The van der Waals surface area contributed by atoms with Crippen LogP contribution in [0.5, 0.6) is 0 Å². The Labute approximate surface area is 94.7 Å². The van der Waals surface area contributed by atoms with Gasteiger partial charge in [-0.2, -0.15) is 0 Å². The quantitative estimate of drug-likeness (QED) is 0.608. The van der Waals surface area contributed by atoms with Gasteiger partial charge in [-0.25, -0.2) is 4.79 Å². The lowest BCUT2D eigenvalue weighted by atomic mass is 10.2. The molecule has 6 nitrogen and oxygen atoms in total. The van der Waals surface area contributed by atoms with Gasteiger partial charge in [0.25, 0.3) is 0 Å². The van der Waals surface area contributed by atoms with Crippen LogP contribution in [-0.4, -0.2) is 37.0 Å². The van der Waals surface area contributed by atoms with Crippen molar-refractivity contribution in [3.8, 4) is 0 Å². The fourth-order valence-electron chi connectivity index (χ4n) is 1.07. The normalized spacial score (nSPS) is 13.5. The van der Waals surface area contributed by atoms with Crippen molar-refractivity contribution < 1.29 is 19.1 Å². The summed E-state index contributed by atoms with van der Waals surface area (Å²) in [5, 5.41) is 4.67. The molecular formula is C10H16N2O4. The third-order valence-corrected chi connectivity index (χ3v) is 1.95. The Morgan fingerprint density at radius 1 is 1.31 bits per heavy atom. The average molecular weight is 228 g/mol. The predicted octanol–water partition coefficient (Wildman–Crippen LogP) is -0.730. The van der Waals surface area contributed by atoms with Crippen LogP contribution >= 0.6 is 0 Å². The van der Waals surface area contributed by atoms with E-state index in [1.807, 2.05) is 0 Å². The van der Waals surface area contributed by atoms with Gasteiger partial charge in [0, 0.05) is 0 Å². The number of amides is 2. The molecule has 0 aliphatic carbocycles. The number of hydrogen-bond acceptors (Lipinski definition) is 4. The highest BCUT2D eigenvalue weighted by molar-refractivity contribution is 5.91. The molecule has 0 saturated heterocycles. The van der Waals surface area contributed by atoms with Gasteiger partial charge in [0.1, 0.15) is 12.1 Å². The first kappa shape index (κ1) is 14.4. The van der Waals surface area contributed by atoms with Crippen molar-refractivity contribution in [2.24, 2.45) is 0 Å². The SMILES string of the molecule is [CH]C(=O)NC(CC)C(=O)NC(C)C(=O)OC. The summed E-state index contributed by atoms with van der Waals surface area (Å²) in [7, 11) is 1.23. The number of rotatable bonds is 5. The molecule has 6 heteroatoms. The monoisotopic (exact) mass is 228 g/mol. The van der Waals surface area contributed by atoms with E-state index in [1.54, 1.807) is 6.92 Å². The zero-order valence-electron chi connectivity index (χ0n) is 9.57. The highest BCUT2D eigenvalue weighted by Crippen LogP contribution is 1.94. The summed E-state index contributed by atoms with van der Waals surface area (Å²) in [6, 6.07) is -1.51. The van der Waals surface area contributed by atoms with Gasteiger partial charge in [-0.15, -0.1) is 0 Å². The van der Waals surface area contributed by atoms with Crippen LogP contribution in [0.2, 0.25) is 0 Å². The van der Waals surface area contributed by atoms with Crippen molar-refractivity contribution in [2.45, 2.75) is 32.4 Å².